The fraction of sp³-hybridized carbons (Fsp3) is 0.375. The Morgan fingerprint density at radius 1 is 1.77 bits per heavy atom. The zero-order chi connectivity index (χ0) is 9.42. The fourth-order valence-electron chi connectivity index (χ4n) is 1.49. The van der Waals surface area contributed by atoms with Crippen molar-refractivity contribution in [3.8, 4) is 0 Å². The first-order valence-electron chi connectivity index (χ1n) is 3.93. The number of halogens is 1. The normalized spacial score (nSPS) is 21.2. The second-order valence-corrected chi connectivity index (χ2v) is 4.63. The molecule has 2 N–H and O–H groups in total. The van der Waals surface area contributed by atoms with Crippen LogP contribution in [0.15, 0.2) is 6.07 Å². The molecule has 2 heterocycles. The SMILES string of the molecule is O=C(O)C1NCCc2cc(Cl)sc21. The largest absolute Gasteiger partial charge is 0.480 e. The molecule has 1 unspecified atom stereocenters. The van der Waals surface area contributed by atoms with Gasteiger partial charge in [0.1, 0.15) is 6.04 Å². The van der Waals surface area contributed by atoms with Gasteiger partial charge in [0, 0.05) is 11.4 Å². The molecule has 0 aliphatic carbocycles. The van der Waals surface area contributed by atoms with Gasteiger partial charge in [-0.25, -0.2) is 0 Å². The third-order valence-electron chi connectivity index (χ3n) is 2.06. The highest BCUT2D eigenvalue weighted by atomic mass is 35.5. The van der Waals surface area contributed by atoms with Crippen molar-refractivity contribution >= 4 is 28.9 Å². The summed E-state index contributed by atoms with van der Waals surface area (Å²) < 4.78 is 0.667. The molecular weight excluding hydrogens is 210 g/mol. The van der Waals surface area contributed by atoms with Crippen LogP contribution in [0.25, 0.3) is 0 Å². The molecule has 0 fully saturated rings. The summed E-state index contributed by atoms with van der Waals surface area (Å²) in [7, 11) is 0. The summed E-state index contributed by atoms with van der Waals surface area (Å²) in [5.74, 6) is -0.834. The van der Waals surface area contributed by atoms with Crippen molar-refractivity contribution in [2.75, 3.05) is 6.54 Å². The molecule has 0 radical (unpaired) electrons. The van der Waals surface area contributed by atoms with E-state index in [0.717, 1.165) is 16.9 Å². The lowest BCUT2D eigenvalue weighted by Gasteiger charge is -2.19. The summed E-state index contributed by atoms with van der Waals surface area (Å²) in [5.41, 5.74) is 1.07. The number of carbonyl (C=O) groups is 1. The maximum absolute atomic E-state index is 10.8. The molecule has 70 valence electrons. The van der Waals surface area contributed by atoms with Crippen molar-refractivity contribution < 1.29 is 9.90 Å². The van der Waals surface area contributed by atoms with Gasteiger partial charge in [0.05, 0.1) is 4.34 Å². The average Bonchev–Trinajstić information content (AvgIpc) is 2.43. The van der Waals surface area contributed by atoms with Crippen LogP contribution >= 0.6 is 22.9 Å². The van der Waals surface area contributed by atoms with Crippen LogP contribution in [0.4, 0.5) is 0 Å². The van der Waals surface area contributed by atoms with E-state index in [-0.39, 0.29) is 0 Å². The standard InChI is InChI=1S/C8H8ClNO2S/c9-5-3-4-1-2-10-6(8(11)12)7(4)13-5/h3,6,10H,1-2H2,(H,11,12). The molecule has 1 aliphatic rings. The minimum absolute atomic E-state index is 0.568. The van der Waals surface area contributed by atoms with Crippen LogP contribution < -0.4 is 5.32 Å². The molecule has 3 nitrogen and oxygen atoms in total. The Kier molecular flexibility index (Phi) is 2.27. The number of rotatable bonds is 1. The third-order valence-corrected chi connectivity index (χ3v) is 3.43. The average molecular weight is 218 g/mol. The first kappa shape index (κ1) is 8.99. The van der Waals surface area contributed by atoms with Crippen LogP contribution in [-0.4, -0.2) is 17.6 Å². The Morgan fingerprint density at radius 3 is 3.23 bits per heavy atom. The number of carboxylic acid groups (broad SMARTS) is 1. The van der Waals surface area contributed by atoms with E-state index in [0.29, 0.717) is 10.9 Å². The Morgan fingerprint density at radius 2 is 2.54 bits per heavy atom. The van der Waals surface area contributed by atoms with E-state index in [1.807, 2.05) is 6.07 Å². The lowest BCUT2D eigenvalue weighted by atomic mass is 10.0. The van der Waals surface area contributed by atoms with E-state index in [1.54, 1.807) is 0 Å². The minimum atomic E-state index is -0.834. The van der Waals surface area contributed by atoms with E-state index in [2.05, 4.69) is 5.32 Å². The van der Waals surface area contributed by atoms with Gasteiger partial charge in [-0.05, 0) is 18.1 Å². The van der Waals surface area contributed by atoms with Crippen molar-refractivity contribution in [2.24, 2.45) is 0 Å². The molecule has 1 aromatic rings. The monoisotopic (exact) mass is 217 g/mol. The summed E-state index contributed by atoms with van der Waals surface area (Å²) in [6, 6.07) is 1.29. The van der Waals surface area contributed by atoms with Gasteiger partial charge in [0.2, 0.25) is 0 Å². The zero-order valence-electron chi connectivity index (χ0n) is 6.71. The number of fused-ring (bicyclic) bond motifs is 1. The van der Waals surface area contributed by atoms with Gasteiger partial charge in [-0.1, -0.05) is 11.6 Å². The Labute approximate surface area is 84.3 Å². The van der Waals surface area contributed by atoms with Crippen molar-refractivity contribution in [2.45, 2.75) is 12.5 Å². The Hall–Kier alpha value is -0.580. The maximum Gasteiger partial charge on any atom is 0.326 e. The van der Waals surface area contributed by atoms with E-state index in [4.69, 9.17) is 16.7 Å². The molecule has 1 aromatic heterocycles. The van der Waals surface area contributed by atoms with Gasteiger partial charge < -0.3 is 5.11 Å². The lowest BCUT2D eigenvalue weighted by Crippen LogP contribution is -2.33. The van der Waals surface area contributed by atoms with Gasteiger partial charge in [0.15, 0.2) is 0 Å². The number of thiophene rings is 1. The van der Waals surface area contributed by atoms with E-state index >= 15 is 0 Å². The number of nitrogens with one attached hydrogen (secondary N) is 1. The smallest absolute Gasteiger partial charge is 0.326 e. The first-order valence-corrected chi connectivity index (χ1v) is 5.12. The van der Waals surface area contributed by atoms with Crippen molar-refractivity contribution in [3.63, 3.8) is 0 Å². The molecule has 5 heteroatoms. The van der Waals surface area contributed by atoms with Crippen LogP contribution in [0.2, 0.25) is 4.34 Å². The highest BCUT2D eigenvalue weighted by Gasteiger charge is 2.27. The summed E-state index contributed by atoms with van der Waals surface area (Å²) in [6.45, 7) is 0.705. The fourth-order valence-corrected chi connectivity index (χ4v) is 2.88. The molecule has 0 saturated heterocycles. The zero-order valence-corrected chi connectivity index (χ0v) is 8.28. The van der Waals surface area contributed by atoms with Gasteiger partial charge >= 0.3 is 5.97 Å². The third kappa shape index (κ3) is 1.57. The van der Waals surface area contributed by atoms with Gasteiger partial charge in [0.25, 0.3) is 0 Å². The molecular formula is C8H8ClNO2S. The lowest BCUT2D eigenvalue weighted by molar-refractivity contribution is -0.139. The van der Waals surface area contributed by atoms with E-state index in [1.165, 1.54) is 11.3 Å². The van der Waals surface area contributed by atoms with Gasteiger partial charge in [-0.3, -0.25) is 10.1 Å². The van der Waals surface area contributed by atoms with Crippen LogP contribution in [0, 0.1) is 0 Å². The molecule has 13 heavy (non-hydrogen) atoms. The second kappa shape index (κ2) is 3.29. The van der Waals surface area contributed by atoms with Crippen LogP contribution in [0.1, 0.15) is 16.5 Å². The highest BCUT2D eigenvalue weighted by Crippen LogP contribution is 2.34. The number of carboxylic acids is 1. The molecule has 0 bridgehead atoms. The number of aliphatic carboxylic acids is 1. The van der Waals surface area contributed by atoms with Crippen molar-refractivity contribution in [1.29, 1.82) is 0 Å². The Bertz CT molecular complexity index is 350. The summed E-state index contributed by atoms with van der Waals surface area (Å²) in [6.07, 6.45) is 0.863. The predicted molar refractivity (Wildman–Crippen MR) is 51.4 cm³/mol. The molecule has 0 spiro atoms. The maximum atomic E-state index is 10.8. The Balaban J connectivity index is 2.41. The van der Waals surface area contributed by atoms with Crippen LogP contribution in [-0.2, 0) is 11.2 Å². The number of hydrogen-bond donors (Lipinski definition) is 2. The second-order valence-electron chi connectivity index (χ2n) is 2.92. The highest BCUT2D eigenvalue weighted by molar-refractivity contribution is 7.16. The molecule has 0 aromatic carbocycles. The van der Waals surface area contributed by atoms with E-state index < -0.39 is 12.0 Å². The quantitative estimate of drug-likeness (QED) is 0.753. The summed E-state index contributed by atoms with van der Waals surface area (Å²) in [4.78, 5) is 11.7. The summed E-state index contributed by atoms with van der Waals surface area (Å²) in [5, 5.41) is 11.8. The van der Waals surface area contributed by atoms with Crippen molar-refractivity contribution in [1.82, 2.24) is 5.32 Å². The number of hydrogen-bond acceptors (Lipinski definition) is 3. The molecule has 2 rings (SSSR count). The van der Waals surface area contributed by atoms with E-state index in [9.17, 15) is 4.79 Å². The molecule has 1 atom stereocenters. The van der Waals surface area contributed by atoms with Gasteiger partial charge in [-0.15, -0.1) is 11.3 Å². The minimum Gasteiger partial charge on any atom is -0.480 e. The summed E-state index contributed by atoms with van der Waals surface area (Å²) >= 11 is 7.17. The molecule has 1 aliphatic heterocycles. The predicted octanol–water partition coefficient (Wildman–Crippen LogP) is 1.67. The topological polar surface area (TPSA) is 49.3 Å². The van der Waals surface area contributed by atoms with Crippen LogP contribution in [0.5, 0.6) is 0 Å². The first-order chi connectivity index (χ1) is 6.18. The molecule has 0 saturated carbocycles. The molecule has 0 amide bonds. The van der Waals surface area contributed by atoms with Crippen molar-refractivity contribution in [3.05, 3.63) is 20.8 Å². The van der Waals surface area contributed by atoms with Crippen LogP contribution in [0.3, 0.4) is 0 Å². The van der Waals surface area contributed by atoms with Gasteiger partial charge in [-0.2, -0.15) is 0 Å².